The Morgan fingerprint density at radius 1 is 0.595 bits per heavy atom. The minimum absolute atomic E-state index is 0.182. The van der Waals surface area contributed by atoms with Gasteiger partial charge in [-0.2, -0.15) is 0 Å². The van der Waals surface area contributed by atoms with Crippen LogP contribution in [-0.2, 0) is 24.6 Å². The molecule has 4 atom stereocenters. The quantitative estimate of drug-likeness (QED) is 0.197. The highest BCUT2D eigenvalue weighted by Gasteiger charge is 2.75. The van der Waals surface area contributed by atoms with Crippen molar-refractivity contribution in [1.29, 1.82) is 0 Å². The number of nitro benzene ring substituents is 2. The molecule has 0 radical (unpaired) electrons. The van der Waals surface area contributed by atoms with Crippen LogP contribution >= 0.6 is 0 Å². The highest BCUT2D eigenvalue weighted by atomic mass is 16.6. The topological polar surface area (TPSA) is 161 Å². The number of nitrogens with zero attached hydrogens (tertiary/aromatic N) is 4. The number of carbonyl (C=O) groups excluding carboxylic acids is 4. The van der Waals surface area contributed by atoms with Crippen LogP contribution in [0.2, 0.25) is 0 Å². The minimum Gasteiger partial charge on any atom is -0.274 e. The molecule has 3 aliphatic carbocycles. The molecule has 3 aromatic carbocycles. The molecule has 3 fully saturated rings. The van der Waals surface area contributed by atoms with Crippen LogP contribution in [0.3, 0.4) is 0 Å². The molecule has 208 valence electrons. The second-order valence-corrected chi connectivity index (χ2v) is 10.8. The maximum Gasteiger partial charge on any atom is 0.293 e. The normalized spacial score (nSPS) is 29.2. The summed E-state index contributed by atoms with van der Waals surface area (Å²) in [6.07, 6.45) is 3.38. The molecule has 12 heteroatoms. The van der Waals surface area contributed by atoms with Crippen LogP contribution in [0.15, 0.2) is 91.0 Å². The molecule has 2 aliphatic heterocycles. The van der Waals surface area contributed by atoms with E-state index in [0.717, 1.165) is 9.80 Å². The highest BCUT2D eigenvalue weighted by Crippen LogP contribution is 2.65. The van der Waals surface area contributed by atoms with Crippen LogP contribution in [0.1, 0.15) is 5.56 Å². The van der Waals surface area contributed by atoms with Crippen LogP contribution in [0.4, 0.5) is 22.7 Å². The highest BCUT2D eigenvalue weighted by molar-refractivity contribution is 6.28. The van der Waals surface area contributed by atoms with E-state index in [2.05, 4.69) is 0 Å². The molecule has 42 heavy (non-hydrogen) atoms. The fraction of sp³-hybridized carbons (Fsp3) is 0.200. The molecule has 3 aromatic rings. The van der Waals surface area contributed by atoms with Crippen LogP contribution < -0.4 is 9.80 Å². The number of hydrogen-bond donors (Lipinski definition) is 0. The lowest BCUT2D eigenvalue weighted by Gasteiger charge is -2.53. The third-order valence-electron chi connectivity index (χ3n) is 9.07. The molecule has 4 amide bonds. The zero-order chi connectivity index (χ0) is 29.5. The average Bonchev–Trinajstić information content (AvgIpc) is 3.44. The number of para-hydroxylation sites is 4. The maximum atomic E-state index is 14.3. The number of nitro groups is 2. The van der Waals surface area contributed by atoms with E-state index < -0.39 is 79.9 Å². The lowest BCUT2D eigenvalue weighted by molar-refractivity contribution is -0.384. The van der Waals surface area contributed by atoms with Crippen LogP contribution in [-0.4, -0.2) is 33.5 Å². The van der Waals surface area contributed by atoms with E-state index in [1.807, 2.05) is 0 Å². The van der Waals surface area contributed by atoms with Gasteiger partial charge >= 0.3 is 0 Å². The van der Waals surface area contributed by atoms with Gasteiger partial charge in [-0.05, 0) is 17.7 Å². The standard InChI is InChI=1S/C30H20N4O8/c35-26-22-17-14-15-30(16-8-2-1-3-9-16,24(22)28(37)31(26)18-10-4-6-12-20(18)33(39)40)25-23(17)27(36)32(29(25)38)19-11-5-7-13-21(19)34(41)42/h1-15,17,22-25H/t17?,22-,23-,24+,25+,30?/m1/s1. The summed E-state index contributed by atoms with van der Waals surface area (Å²) < 4.78 is 0. The number of hydrogen-bond acceptors (Lipinski definition) is 8. The Labute approximate surface area is 237 Å². The van der Waals surface area contributed by atoms with Gasteiger partial charge in [0.2, 0.25) is 23.6 Å². The molecular weight excluding hydrogens is 544 g/mol. The van der Waals surface area contributed by atoms with Gasteiger partial charge in [0, 0.05) is 23.5 Å². The summed E-state index contributed by atoms with van der Waals surface area (Å²) in [4.78, 5) is 80.8. The third-order valence-corrected chi connectivity index (χ3v) is 9.07. The van der Waals surface area contributed by atoms with Gasteiger partial charge in [-0.15, -0.1) is 0 Å². The molecule has 1 saturated carbocycles. The second kappa shape index (κ2) is 8.74. The SMILES string of the molecule is O=C1[C@@H]2C3C=CC(c4ccccc4)([C@@H]2C(=O)N1c1ccccc1[N+](=O)[O-])[C@@H]1C(=O)N(c2ccccc2[N+](=O)[O-])C(=O)[C@H]31. The van der Waals surface area contributed by atoms with E-state index in [9.17, 15) is 39.4 Å². The van der Waals surface area contributed by atoms with Crippen LogP contribution in [0, 0.1) is 49.8 Å². The molecule has 0 aromatic heterocycles. The fourth-order valence-electron chi connectivity index (χ4n) is 7.57. The first kappa shape index (κ1) is 25.4. The summed E-state index contributed by atoms with van der Waals surface area (Å²) in [6.45, 7) is 0. The largest absolute Gasteiger partial charge is 0.293 e. The minimum atomic E-state index is -1.47. The molecule has 0 N–H and O–H groups in total. The Morgan fingerprint density at radius 2 is 1.02 bits per heavy atom. The van der Waals surface area contributed by atoms with Gasteiger partial charge in [0.05, 0.1) is 33.5 Å². The van der Waals surface area contributed by atoms with E-state index in [1.54, 1.807) is 42.5 Å². The number of carbonyl (C=O) groups is 4. The number of benzene rings is 3. The van der Waals surface area contributed by atoms with Crippen molar-refractivity contribution in [3.05, 3.63) is 117 Å². The van der Waals surface area contributed by atoms with Crippen molar-refractivity contribution in [3.63, 3.8) is 0 Å². The number of imide groups is 2. The van der Waals surface area contributed by atoms with E-state index in [0.29, 0.717) is 5.56 Å². The first-order valence-electron chi connectivity index (χ1n) is 13.2. The summed E-state index contributed by atoms with van der Waals surface area (Å²) in [6, 6.07) is 19.5. The Kier molecular flexibility index (Phi) is 5.29. The van der Waals surface area contributed by atoms with Gasteiger partial charge in [-0.25, -0.2) is 9.80 Å². The van der Waals surface area contributed by atoms with Crippen molar-refractivity contribution in [2.45, 2.75) is 5.41 Å². The second-order valence-electron chi connectivity index (χ2n) is 10.8. The molecule has 0 spiro atoms. The molecule has 2 saturated heterocycles. The van der Waals surface area contributed by atoms with Crippen molar-refractivity contribution in [2.24, 2.45) is 29.6 Å². The summed E-state index contributed by atoms with van der Waals surface area (Å²) in [7, 11) is 0. The molecule has 2 bridgehead atoms. The number of amides is 4. The third kappa shape index (κ3) is 3.05. The summed E-state index contributed by atoms with van der Waals surface area (Å²) >= 11 is 0. The van der Waals surface area contributed by atoms with E-state index in [1.165, 1.54) is 48.5 Å². The number of allylic oxidation sites excluding steroid dienone is 2. The summed E-state index contributed by atoms with van der Waals surface area (Å²) in [5, 5.41) is 23.6. The van der Waals surface area contributed by atoms with Crippen LogP contribution in [0.25, 0.3) is 0 Å². The average molecular weight is 565 g/mol. The van der Waals surface area contributed by atoms with Gasteiger partial charge < -0.3 is 0 Å². The lowest BCUT2D eigenvalue weighted by Crippen LogP contribution is -2.60. The number of anilines is 2. The molecule has 2 heterocycles. The van der Waals surface area contributed by atoms with Crippen molar-refractivity contribution < 1.29 is 29.0 Å². The fourth-order valence-corrected chi connectivity index (χ4v) is 7.57. The van der Waals surface area contributed by atoms with Gasteiger partial charge in [-0.3, -0.25) is 39.4 Å². The molecule has 8 rings (SSSR count). The Balaban J connectivity index is 1.44. The van der Waals surface area contributed by atoms with E-state index >= 15 is 0 Å². The molecule has 5 aliphatic rings. The lowest BCUT2D eigenvalue weighted by atomic mass is 9.45. The summed E-state index contributed by atoms with van der Waals surface area (Å²) in [5.41, 5.74) is -2.18. The van der Waals surface area contributed by atoms with Crippen molar-refractivity contribution in [1.82, 2.24) is 0 Å². The summed E-state index contributed by atoms with van der Waals surface area (Å²) in [5.74, 6) is -8.18. The van der Waals surface area contributed by atoms with Crippen molar-refractivity contribution in [3.8, 4) is 0 Å². The number of rotatable bonds is 5. The van der Waals surface area contributed by atoms with Gasteiger partial charge in [0.25, 0.3) is 11.4 Å². The molecule has 0 unspecified atom stereocenters. The smallest absolute Gasteiger partial charge is 0.274 e. The zero-order valence-corrected chi connectivity index (χ0v) is 21.6. The van der Waals surface area contributed by atoms with Gasteiger partial charge in [-0.1, -0.05) is 66.7 Å². The molecule has 12 nitrogen and oxygen atoms in total. The van der Waals surface area contributed by atoms with E-state index in [-0.39, 0.29) is 11.4 Å². The van der Waals surface area contributed by atoms with Crippen molar-refractivity contribution in [2.75, 3.05) is 9.80 Å². The predicted octanol–water partition coefficient (Wildman–Crippen LogP) is 3.55. The Hall–Kier alpha value is -5.52. The zero-order valence-electron chi connectivity index (χ0n) is 21.6. The van der Waals surface area contributed by atoms with Crippen molar-refractivity contribution >= 4 is 46.4 Å². The molecular formula is C30H20N4O8. The monoisotopic (exact) mass is 564 g/mol. The van der Waals surface area contributed by atoms with Gasteiger partial charge in [0.1, 0.15) is 11.4 Å². The maximum absolute atomic E-state index is 14.3. The Morgan fingerprint density at radius 3 is 1.48 bits per heavy atom. The van der Waals surface area contributed by atoms with Crippen LogP contribution in [0.5, 0.6) is 0 Å². The first-order valence-corrected chi connectivity index (χ1v) is 13.2. The Bertz CT molecular complexity index is 1680. The van der Waals surface area contributed by atoms with E-state index in [4.69, 9.17) is 0 Å². The predicted molar refractivity (Wildman–Crippen MR) is 146 cm³/mol. The first-order chi connectivity index (χ1) is 20.2. The van der Waals surface area contributed by atoms with Gasteiger partial charge in [0.15, 0.2) is 0 Å².